The van der Waals surface area contributed by atoms with Crippen molar-refractivity contribution in [1.29, 1.82) is 0 Å². The van der Waals surface area contributed by atoms with Gasteiger partial charge in [-0.2, -0.15) is 13.2 Å². The maximum absolute atomic E-state index is 12.7. The lowest BCUT2D eigenvalue weighted by Crippen LogP contribution is -2.35. The first kappa shape index (κ1) is 16.5. The predicted molar refractivity (Wildman–Crippen MR) is 71.1 cm³/mol. The molecule has 0 spiro atoms. The summed E-state index contributed by atoms with van der Waals surface area (Å²) < 4.78 is 38.2. The van der Waals surface area contributed by atoms with Gasteiger partial charge in [-0.05, 0) is 25.0 Å². The van der Waals surface area contributed by atoms with Crippen LogP contribution in [-0.2, 0) is 6.18 Å². The van der Waals surface area contributed by atoms with Gasteiger partial charge in [-0.25, -0.2) is 10.8 Å². The van der Waals surface area contributed by atoms with Gasteiger partial charge in [-0.3, -0.25) is 0 Å². The number of nitrogens with zero attached hydrogens (tertiary/aromatic N) is 1. The first-order valence-electron chi connectivity index (χ1n) is 6.26. The number of rotatable bonds is 6. The van der Waals surface area contributed by atoms with Crippen molar-refractivity contribution in [3.05, 3.63) is 17.7 Å². The zero-order valence-electron chi connectivity index (χ0n) is 11.4. The van der Waals surface area contributed by atoms with Gasteiger partial charge in [0.2, 0.25) is 0 Å². The van der Waals surface area contributed by atoms with E-state index in [1.54, 1.807) is 13.8 Å². The van der Waals surface area contributed by atoms with E-state index in [9.17, 15) is 18.3 Å². The van der Waals surface area contributed by atoms with Crippen molar-refractivity contribution in [3.63, 3.8) is 0 Å². The van der Waals surface area contributed by atoms with Gasteiger partial charge < -0.3 is 15.8 Å². The van der Waals surface area contributed by atoms with Crippen molar-refractivity contribution in [3.8, 4) is 0 Å². The number of anilines is 2. The van der Waals surface area contributed by atoms with Crippen LogP contribution < -0.4 is 16.6 Å². The van der Waals surface area contributed by atoms with Crippen LogP contribution in [0.25, 0.3) is 0 Å². The molecule has 0 aliphatic heterocycles. The molecule has 0 radical (unpaired) electrons. The summed E-state index contributed by atoms with van der Waals surface area (Å²) >= 11 is 0. The van der Waals surface area contributed by atoms with E-state index < -0.39 is 17.3 Å². The van der Waals surface area contributed by atoms with E-state index in [2.05, 4.69) is 15.7 Å². The lowest BCUT2D eigenvalue weighted by molar-refractivity contribution is -0.137. The molecule has 0 aliphatic rings. The summed E-state index contributed by atoms with van der Waals surface area (Å²) in [5.74, 6) is 5.02. The molecule has 1 rings (SSSR count). The zero-order chi connectivity index (χ0) is 15.4. The topological polar surface area (TPSA) is 83.2 Å². The fraction of sp³-hybridized carbons (Fsp3) is 0.583. The van der Waals surface area contributed by atoms with Crippen LogP contribution in [0.2, 0.25) is 0 Å². The van der Waals surface area contributed by atoms with E-state index in [0.29, 0.717) is 12.8 Å². The van der Waals surface area contributed by atoms with E-state index in [4.69, 9.17) is 5.84 Å². The molecule has 1 aromatic rings. The SMILES string of the molecule is CCC(O)(CC)CNc1cc(C(F)(F)F)cc(NN)n1. The molecule has 0 fully saturated rings. The molecular formula is C12H19F3N4O. The minimum absolute atomic E-state index is 0.00750. The van der Waals surface area contributed by atoms with Crippen LogP contribution in [0.15, 0.2) is 12.1 Å². The van der Waals surface area contributed by atoms with Gasteiger partial charge in [0.1, 0.15) is 11.6 Å². The number of hydrogen-bond acceptors (Lipinski definition) is 5. The number of hydrogen-bond donors (Lipinski definition) is 4. The molecule has 1 heterocycles. The smallest absolute Gasteiger partial charge is 0.388 e. The molecule has 8 heteroatoms. The van der Waals surface area contributed by atoms with E-state index >= 15 is 0 Å². The third-order valence-corrected chi connectivity index (χ3v) is 3.22. The summed E-state index contributed by atoms with van der Waals surface area (Å²) in [5.41, 5.74) is 0.250. The van der Waals surface area contributed by atoms with Crippen molar-refractivity contribution in [2.45, 2.75) is 38.5 Å². The number of aliphatic hydroxyl groups is 1. The summed E-state index contributed by atoms with van der Waals surface area (Å²) in [5, 5.41) is 12.8. The molecule has 0 saturated carbocycles. The van der Waals surface area contributed by atoms with E-state index in [1.807, 2.05) is 0 Å². The van der Waals surface area contributed by atoms with Crippen molar-refractivity contribution >= 4 is 11.6 Å². The Hall–Kier alpha value is -1.54. The number of aromatic nitrogens is 1. The van der Waals surface area contributed by atoms with Crippen molar-refractivity contribution in [2.24, 2.45) is 5.84 Å². The number of alkyl halides is 3. The Balaban J connectivity index is 2.95. The maximum atomic E-state index is 12.7. The van der Waals surface area contributed by atoms with Crippen LogP contribution in [0, 0.1) is 0 Å². The summed E-state index contributed by atoms with van der Waals surface area (Å²) in [7, 11) is 0. The number of hydrazine groups is 1. The molecule has 20 heavy (non-hydrogen) atoms. The van der Waals surface area contributed by atoms with Gasteiger partial charge in [0.15, 0.2) is 0 Å². The molecule has 0 saturated heterocycles. The molecule has 5 N–H and O–H groups in total. The summed E-state index contributed by atoms with van der Waals surface area (Å²) in [6, 6.07) is 1.70. The Morgan fingerprint density at radius 1 is 1.20 bits per heavy atom. The largest absolute Gasteiger partial charge is 0.416 e. The number of nitrogens with two attached hydrogens (primary N) is 1. The second kappa shape index (κ2) is 6.27. The predicted octanol–water partition coefficient (Wildman–Crippen LogP) is 2.35. The lowest BCUT2D eigenvalue weighted by Gasteiger charge is -2.26. The molecule has 0 aliphatic carbocycles. The molecule has 5 nitrogen and oxygen atoms in total. The van der Waals surface area contributed by atoms with Crippen LogP contribution >= 0.6 is 0 Å². The summed E-state index contributed by atoms with van der Waals surface area (Å²) in [6.07, 6.45) is -3.52. The Labute approximate surface area is 115 Å². The zero-order valence-corrected chi connectivity index (χ0v) is 11.4. The Bertz CT molecular complexity index is 447. The highest BCUT2D eigenvalue weighted by Gasteiger charge is 2.32. The minimum atomic E-state index is -4.49. The monoisotopic (exact) mass is 292 g/mol. The molecule has 0 unspecified atom stereocenters. The van der Waals surface area contributed by atoms with Crippen LogP contribution in [-0.4, -0.2) is 22.2 Å². The minimum Gasteiger partial charge on any atom is -0.388 e. The second-order valence-electron chi connectivity index (χ2n) is 4.55. The van der Waals surface area contributed by atoms with Crippen LogP contribution in [0.4, 0.5) is 24.8 Å². The van der Waals surface area contributed by atoms with Gasteiger partial charge >= 0.3 is 6.18 Å². The molecule has 0 amide bonds. The van der Waals surface area contributed by atoms with Gasteiger partial charge in [-0.15, -0.1) is 0 Å². The van der Waals surface area contributed by atoms with E-state index in [1.165, 1.54) is 0 Å². The maximum Gasteiger partial charge on any atom is 0.416 e. The normalized spacial score (nSPS) is 12.3. The number of nitrogens with one attached hydrogen (secondary N) is 2. The van der Waals surface area contributed by atoms with Crippen molar-refractivity contribution < 1.29 is 18.3 Å². The van der Waals surface area contributed by atoms with E-state index in [-0.39, 0.29) is 18.2 Å². The lowest BCUT2D eigenvalue weighted by atomic mass is 9.98. The molecule has 1 aromatic heterocycles. The fourth-order valence-corrected chi connectivity index (χ4v) is 1.61. The van der Waals surface area contributed by atoms with Gasteiger partial charge in [0.05, 0.1) is 11.2 Å². The molecule has 114 valence electrons. The Morgan fingerprint density at radius 2 is 1.75 bits per heavy atom. The second-order valence-corrected chi connectivity index (χ2v) is 4.55. The van der Waals surface area contributed by atoms with E-state index in [0.717, 1.165) is 12.1 Å². The highest BCUT2D eigenvalue weighted by molar-refractivity contribution is 5.49. The number of nitrogen functional groups attached to an aromatic ring is 1. The van der Waals surface area contributed by atoms with Crippen LogP contribution in [0.5, 0.6) is 0 Å². The highest BCUT2D eigenvalue weighted by Crippen LogP contribution is 2.32. The number of pyridine rings is 1. The Kier molecular flexibility index (Phi) is 5.18. The summed E-state index contributed by atoms with van der Waals surface area (Å²) in [4.78, 5) is 3.88. The average Bonchev–Trinajstić information content (AvgIpc) is 2.43. The summed E-state index contributed by atoms with van der Waals surface area (Å²) in [6.45, 7) is 3.72. The number of halogens is 3. The Morgan fingerprint density at radius 3 is 2.20 bits per heavy atom. The van der Waals surface area contributed by atoms with Crippen LogP contribution in [0.1, 0.15) is 32.3 Å². The molecular weight excluding hydrogens is 273 g/mol. The van der Waals surface area contributed by atoms with Crippen molar-refractivity contribution in [2.75, 3.05) is 17.3 Å². The quantitative estimate of drug-likeness (QED) is 0.478. The highest BCUT2D eigenvalue weighted by atomic mass is 19.4. The van der Waals surface area contributed by atoms with Crippen LogP contribution in [0.3, 0.4) is 0 Å². The first-order valence-corrected chi connectivity index (χ1v) is 6.26. The van der Waals surface area contributed by atoms with Gasteiger partial charge in [0.25, 0.3) is 0 Å². The standard InChI is InChI=1S/C12H19F3N4O/c1-3-11(20,4-2)7-17-9-5-8(12(13,14)15)6-10(18-9)19-16/h5-6,20H,3-4,7,16H2,1-2H3,(H2,17,18,19). The van der Waals surface area contributed by atoms with Crippen molar-refractivity contribution in [1.82, 2.24) is 4.98 Å². The van der Waals surface area contributed by atoms with Gasteiger partial charge in [0, 0.05) is 6.54 Å². The van der Waals surface area contributed by atoms with Gasteiger partial charge in [-0.1, -0.05) is 13.8 Å². The third kappa shape index (κ3) is 4.24. The first-order chi connectivity index (χ1) is 9.24. The molecule has 0 aromatic carbocycles. The molecule has 0 atom stereocenters. The fourth-order valence-electron chi connectivity index (χ4n) is 1.61. The third-order valence-electron chi connectivity index (χ3n) is 3.22. The molecule has 0 bridgehead atoms. The average molecular weight is 292 g/mol.